The Bertz CT molecular complexity index is 1600. The molecule has 1 heterocycles. The van der Waals surface area contributed by atoms with Crippen LogP contribution in [0.25, 0.3) is 33.2 Å². The first kappa shape index (κ1) is 22.1. The first-order chi connectivity index (χ1) is 16.8. The zero-order valence-corrected chi connectivity index (χ0v) is 18.8. The number of hydrogen-bond acceptors (Lipinski definition) is 3. The van der Waals surface area contributed by atoms with Crippen LogP contribution in [-0.4, -0.2) is 4.98 Å². The summed E-state index contributed by atoms with van der Waals surface area (Å²) in [7, 11) is 0. The summed E-state index contributed by atoms with van der Waals surface area (Å²) < 4.78 is 11.2. The SMILES string of the molecule is CC#CC#COc1ccc(-c2cccc(-c3nccc4ccccc34)c2)cc1OC#CC#CC. The van der Waals surface area contributed by atoms with Crippen molar-refractivity contribution in [1.29, 1.82) is 0 Å². The van der Waals surface area contributed by atoms with E-state index in [1.165, 1.54) is 0 Å². The maximum atomic E-state index is 5.63. The third-order valence-electron chi connectivity index (χ3n) is 4.89. The largest absolute Gasteiger partial charge is 0.403 e. The van der Waals surface area contributed by atoms with Crippen LogP contribution in [-0.2, 0) is 0 Å². The molecule has 0 bridgehead atoms. The molecule has 3 nitrogen and oxygen atoms in total. The quantitative estimate of drug-likeness (QED) is 0.351. The number of pyridine rings is 1. The van der Waals surface area contributed by atoms with Gasteiger partial charge in [0.1, 0.15) is 12.2 Å². The Balaban J connectivity index is 1.73. The molecule has 34 heavy (non-hydrogen) atoms. The molecule has 3 heteroatoms. The van der Waals surface area contributed by atoms with E-state index in [-0.39, 0.29) is 0 Å². The fourth-order valence-electron chi connectivity index (χ4n) is 3.38. The van der Waals surface area contributed by atoms with Gasteiger partial charge in [-0.25, -0.2) is 0 Å². The lowest BCUT2D eigenvalue weighted by atomic mass is 9.99. The number of fused-ring (bicyclic) bond motifs is 1. The second-order valence-electron chi connectivity index (χ2n) is 7.03. The summed E-state index contributed by atoms with van der Waals surface area (Å²) in [6.07, 6.45) is 6.99. The number of rotatable bonds is 4. The smallest absolute Gasteiger partial charge is 0.184 e. The molecule has 0 aliphatic rings. The van der Waals surface area contributed by atoms with Crippen LogP contribution in [0.2, 0.25) is 0 Å². The molecule has 0 atom stereocenters. The minimum absolute atomic E-state index is 0.440. The lowest BCUT2D eigenvalue weighted by molar-refractivity contribution is 0.452. The predicted octanol–water partition coefficient (Wildman–Crippen LogP) is 6.29. The second-order valence-corrected chi connectivity index (χ2v) is 7.03. The molecule has 0 aliphatic heterocycles. The summed E-state index contributed by atoms with van der Waals surface area (Å²) in [5.74, 6) is 16.8. The Morgan fingerprint density at radius 3 is 2.12 bits per heavy atom. The fourth-order valence-corrected chi connectivity index (χ4v) is 3.38. The van der Waals surface area contributed by atoms with Gasteiger partial charge in [0, 0.05) is 29.0 Å². The molecule has 0 saturated heterocycles. The summed E-state index contributed by atoms with van der Waals surface area (Å²) in [6, 6.07) is 24.1. The van der Waals surface area contributed by atoms with Crippen LogP contribution in [0, 0.1) is 47.7 Å². The van der Waals surface area contributed by atoms with Gasteiger partial charge in [0.2, 0.25) is 0 Å². The van der Waals surface area contributed by atoms with Crippen molar-refractivity contribution in [2.24, 2.45) is 0 Å². The molecule has 1 aromatic heterocycles. The predicted molar refractivity (Wildman–Crippen MR) is 136 cm³/mol. The summed E-state index contributed by atoms with van der Waals surface area (Å²) >= 11 is 0. The topological polar surface area (TPSA) is 31.4 Å². The van der Waals surface area contributed by atoms with E-state index in [9.17, 15) is 0 Å². The number of aromatic nitrogens is 1. The lowest BCUT2D eigenvalue weighted by Gasteiger charge is -2.10. The molecule has 0 saturated carbocycles. The van der Waals surface area contributed by atoms with Crippen LogP contribution in [0.3, 0.4) is 0 Å². The molecule has 0 radical (unpaired) electrons. The summed E-state index contributed by atoms with van der Waals surface area (Å²) in [5, 5.41) is 2.26. The maximum absolute atomic E-state index is 5.63. The van der Waals surface area contributed by atoms with Gasteiger partial charge in [0.15, 0.2) is 11.5 Å². The third-order valence-corrected chi connectivity index (χ3v) is 4.89. The van der Waals surface area contributed by atoms with Gasteiger partial charge < -0.3 is 9.47 Å². The first-order valence-corrected chi connectivity index (χ1v) is 10.6. The van der Waals surface area contributed by atoms with Crippen LogP contribution in [0.1, 0.15) is 13.8 Å². The average Bonchev–Trinajstić information content (AvgIpc) is 2.89. The highest BCUT2D eigenvalue weighted by molar-refractivity contribution is 5.95. The monoisotopic (exact) mass is 437 g/mol. The van der Waals surface area contributed by atoms with E-state index in [4.69, 9.17) is 9.47 Å². The Hall–Kier alpha value is -5.09. The molecule has 0 aliphatic carbocycles. The Morgan fingerprint density at radius 1 is 0.618 bits per heavy atom. The van der Waals surface area contributed by atoms with Gasteiger partial charge in [-0.2, -0.15) is 0 Å². The van der Waals surface area contributed by atoms with Crippen LogP contribution in [0.15, 0.2) is 79.0 Å². The van der Waals surface area contributed by atoms with Crippen molar-refractivity contribution < 1.29 is 9.47 Å². The van der Waals surface area contributed by atoms with E-state index in [0.29, 0.717) is 11.5 Å². The van der Waals surface area contributed by atoms with Gasteiger partial charge in [-0.05, 0) is 66.5 Å². The van der Waals surface area contributed by atoms with Gasteiger partial charge in [-0.15, -0.1) is 0 Å². The van der Waals surface area contributed by atoms with E-state index in [1.54, 1.807) is 19.9 Å². The van der Waals surface area contributed by atoms with Gasteiger partial charge in [-0.1, -0.05) is 60.4 Å². The molecular weight excluding hydrogens is 418 g/mol. The van der Waals surface area contributed by atoms with Crippen LogP contribution in [0.4, 0.5) is 0 Å². The molecule has 0 unspecified atom stereocenters. The van der Waals surface area contributed by atoms with Crippen molar-refractivity contribution >= 4 is 10.8 Å². The van der Waals surface area contributed by atoms with E-state index < -0.39 is 0 Å². The molecule has 0 fully saturated rings. The Labute approximate surface area is 199 Å². The molecule has 0 spiro atoms. The number of nitrogens with zero attached hydrogens (tertiary/aromatic N) is 1. The van der Waals surface area contributed by atoms with Crippen molar-refractivity contribution in [2.45, 2.75) is 13.8 Å². The molecule has 4 aromatic rings. The number of ether oxygens (including phenoxy) is 2. The summed E-state index contributed by atoms with van der Waals surface area (Å²) in [6.45, 7) is 3.43. The van der Waals surface area contributed by atoms with Gasteiger partial charge in [0.25, 0.3) is 0 Å². The zero-order valence-electron chi connectivity index (χ0n) is 18.8. The van der Waals surface area contributed by atoms with Crippen molar-refractivity contribution in [3.63, 3.8) is 0 Å². The van der Waals surface area contributed by atoms with Gasteiger partial charge >= 0.3 is 0 Å². The molecule has 160 valence electrons. The molecule has 0 amide bonds. The average molecular weight is 437 g/mol. The van der Waals surface area contributed by atoms with Crippen LogP contribution < -0.4 is 9.47 Å². The highest BCUT2D eigenvalue weighted by Crippen LogP contribution is 2.35. The van der Waals surface area contributed by atoms with E-state index in [0.717, 1.165) is 33.2 Å². The van der Waals surface area contributed by atoms with E-state index in [2.05, 4.69) is 77.0 Å². The Kier molecular flexibility index (Phi) is 7.14. The third kappa shape index (κ3) is 5.21. The van der Waals surface area contributed by atoms with Crippen molar-refractivity contribution in [3.05, 3.63) is 79.0 Å². The lowest BCUT2D eigenvalue weighted by Crippen LogP contribution is -1.91. The molecular formula is C31H19NO2. The molecule has 4 rings (SSSR count). The van der Waals surface area contributed by atoms with Gasteiger partial charge in [0.05, 0.1) is 5.69 Å². The van der Waals surface area contributed by atoms with Gasteiger partial charge in [-0.3, -0.25) is 4.98 Å². The minimum Gasteiger partial charge on any atom is -0.403 e. The minimum atomic E-state index is 0.440. The van der Waals surface area contributed by atoms with Crippen LogP contribution in [0.5, 0.6) is 11.5 Å². The first-order valence-electron chi connectivity index (χ1n) is 10.6. The van der Waals surface area contributed by atoms with E-state index in [1.807, 2.05) is 48.7 Å². The molecule has 3 aromatic carbocycles. The van der Waals surface area contributed by atoms with Crippen molar-refractivity contribution in [3.8, 4) is 81.6 Å². The molecule has 0 N–H and O–H groups in total. The highest BCUT2D eigenvalue weighted by Gasteiger charge is 2.10. The highest BCUT2D eigenvalue weighted by atomic mass is 16.5. The zero-order chi connectivity index (χ0) is 23.6. The normalized spacial score (nSPS) is 9.12. The van der Waals surface area contributed by atoms with Crippen molar-refractivity contribution in [2.75, 3.05) is 0 Å². The maximum Gasteiger partial charge on any atom is 0.184 e. The van der Waals surface area contributed by atoms with E-state index >= 15 is 0 Å². The number of hydrogen-bond donors (Lipinski definition) is 0. The fraction of sp³-hybridized carbons (Fsp3) is 0.0645. The van der Waals surface area contributed by atoms with Crippen molar-refractivity contribution in [1.82, 2.24) is 4.98 Å². The summed E-state index contributed by atoms with van der Waals surface area (Å²) in [4.78, 5) is 4.65. The second kappa shape index (κ2) is 11.0. The standard InChI is InChI=1S/C31H19NO2/c1-3-5-9-20-33-29-17-16-26(23-30(29)34-21-10-6-4-2)25-13-11-14-27(22-25)31-28-15-8-7-12-24(28)18-19-32-31/h7-8,11-19,22-23H,1-2H3. The summed E-state index contributed by atoms with van der Waals surface area (Å²) in [5.41, 5.74) is 3.91. The van der Waals surface area contributed by atoms with Crippen LogP contribution >= 0.6 is 0 Å². The Morgan fingerprint density at radius 2 is 1.32 bits per heavy atom. The number of benzene rings is 3.